The summed E-state index contributed by atoms with van der Waals surface area (Å²) in [6.45, 7) is 4.14. The molecule has 0 unspecified atom stereocenters. The summed E-state index contributed by atoms with van der Waals surface area (Å²) in [4.78, 5) is 18.5. The molecular formula is C30H28N4O3. The van der Waals surface area contributed by atoms with Crippen molar-refractivity contribution in [1.29, 1.82) is 0 Å². The van der Waals surface area contributed by atoms with E-state index in [-0.39, 0.29) is 5.91 Å². The second-order valence-corrected chi connectivity index (χ2v) is 8.67. The Labute approximate surface area is 215 Å². The lowest BCUT2D eigenvalue weighted by Crippen LogP contribution is -2.14. The van der Waals surface area contributed by atoms with Crippen LogP contribution in [0.3, 0.4) is 0 Å². The molecular weight excluding hydrogens is 464 g/mol. The van der Waals surface area contributed by atoms with E-state index in [0.717, 1.165) is 34.3 Å². The molecule has 0 spiro atoms. The highest BCUT2D eigenvalue weighted by Crippen LogP contribution is 2.32. The molecule has 0 aliphatic heterocycles. The first-order chi connectivity index (χ1) is 18.0. The van der Waals surface area contributed by atoms with Crippen LogP contribution in [0, 0.1) is 6.92 Å². The number of nitrogens with one attached hydrogen (secondary N) is 1. The number of amides is 1. The maximum atomic E-state index is 13.6. The van der Waals surface area contributed by atoms with E-state index in [2.05, 4.69) is 41.6 Å². The fraction of sp³-hybridized carbons (Fsp3) is 0.167. The van der Waals surface area contributed by atoms with Gasteiger partial charge in [-0.1, -0.05) is 37.3 Å². The molecule has 0 aliphatic carbocycles. The number of hydrogen-bond donors (Lipinski definition) is 1. The van der Waals surface area contributed by atoms with Crippen LogP contribution in [0.25, 0.3) is 27.8 Å². The van der Waals surface area contributed by atoms with E-state index >= 15 is 0 Å². The van der Waals surface area contributed by atoms with Gasteiger partial charge in [-0.3, -0.25) is 4.79 Å². The molecule has 0 bridgehead atoms. The minimum absolute atomic E-state index is 0.272. The summed E-state index contributed by atoms with van der Waals surface area (Å²) >= 11 is 0. The van der Waals surface area contributed by atoms with Crippen molar-refractivity contribution < 1.29 is 14.3 Å². The van der Waals surface area contributed by atoms with Crippen molar-refractivity contribution in [2.24, 2.45) is 0 Å². The SMILES string of the molecule is CCc1ccc(-n2ncc(-c3cc(C(=O)Nc4cc(OC)ccc4OC)c4ccccc4n3)c2C)cc1. The van der Waals surface area contributed by atoms with E-state index in [1.165, 1.54) is 5.56 Å². The first kappa shape index (κ1) is 24.1. The van der Waals surface area contributed by atoms with Crippen LogP contribution in [0.5, 0.6) is 11.5 Å². The summed E-state index contributed by atoms with van der Waals surface area (Å²) in [5.74, 6) is 0.886. The van der Waals surface area contributed by atoms with Gasteiger partial charge in [-0.15, -0.1) is 0 Å². The Balaban J connectivity index is 1.57. The fourth-order valence-corrected chi connectivity index (χ4v) is 4.40. The Hall–Kier alpha value is -4.65. The van der Waals surface area contributed by atoms with Crippen LogP contribution in [0.4, 0.5) is 5.69 Å². The molecule has 2 heterocycles. The van der Waals surface area contributed by atoms with E-state index in [1.807, 2.05) is 41.9 Å². The van der Waals surface area contributed by atoms with Gasteiger partial charge in [0.15, 0.2) is 0 Å². The van der Waals surface area contributed by atoms with E-state index in [9.17, 15) is 4.79 Å². The number of carbonyl (C=O) groups excluding carboxylic acids is 1. The molecule has 2 aromatic heterocycles. The van der Waals surface area contributed by atoms with Gasteiger partial charge in [0, 0.05) is 17.0 Å². The topological polar surface area (TPSA) is 78.3 Å². The second kappa shape index (κ2) is 10.1. The quantitative estimate of drug-likeness (QED) is 0.291. The lowest BCUT2D eigenvalue weighted by Gasteiger charge is -2.14. The number of methoxy groups -OCH3 is 2. The third-order valence-electron chi connectivity index (χ3n) is 6.49. The average Bonchev–Trinajstić information content (AvgIpc) is 3.33. The van der Waals surface area contributed by atoms with E-state index in [1.54, 1.807) is 38.6 Å². The summed E-state index contributed by atoms with van der Waals surface area (Å²) in [6, 6.07) is 23.1. The molecule has 0 fully saturated rings. The van der Waals surface area contributed by atoms with Gasteiger partial charge < -0.3 is 14.8 Å². The zero-order valence-electron chi connectivity index (χ0n) is 21.3. The Morgan fingerprint density at radius 3 is 2.49 bits per heavy atom. The summed E-state index contributed by atoms with van der Waals surface area (Å²) in [5.41, 5.74) is 6.47. The zero-order valence-corrected chi connectivity index (χ0v) is 21.3. The zero-order chi connectivity index (χ0) is 25.9. The first-order valence-electron chi connectivity index (χ1n) is 12.1. The molecule has 0 saturated carbocycles. The molecule has 37 heavy (non-hydrogen) atoms. The first-order valence-corrected chi connectivity index (χ1v) is 12.1. The fourth-order valence-electron chi connectivity index (χ4n) is 4.40. The van der Waals surface area contributed by atoms with Gasteiger partial charge in [0.1, 0.15) is 11.5 Å². The number of aromatic nitrogens is 3. The molecule has 0 radical (unpaired) electrons. The maximum Gasteiger partial charge on any atom is 0.256 e. The van der Waals surface area contributed by atoms with Crippen molar-refractivity contribution in [3.05, 3.63) is 95.8 Å². The molecule has 1 amide bonds. The minimum Gasteiger partial charge on any atom is -0.497 e. The molecule has 7 nitrogen and oxygen atoms in total. The van der Waals surface area contributed by atoms with Crippen LogP contribution in [0.15, 0.2) is 79.0 Å². The van der Waals surface area contributed by atoms with Crippen LogP contribution in [0.1, 0.15) is 28.5 Å². The molecule has 5 aromatic rings. The van der Waals surface area contributed by atoms with E-state index in [0.29, 0.717) is 28.4 Å². The highest BCUT2D eigenvalue weighted by molar-refractivity contribution is 6.13. The number of carbonyl (C=O) groups is 1. The molecule has 3 aromatic carbocycles. The number of nitrogens with zero attached hydrogens (tertiary/aromatic N) is 3. The molecule has 1 N–H and O–H groups in total. The van der Waals surface area contributed by atoms with Crippen LogP contribution >= 0.6 is 0 Å². The van der Waals surface area contributed by atoms with Crippen molar-refractivity contribution >= 4 is 22.5 Å². The van der Waals surface area contributed by atoms with Gasteiger partial charge in [0.25, 0.3) is 5.91 Å². The predicted molar refractivity (Wildman–Crippen MR) is 146 cm³/mol. The monoisotopic (exact) mass is 492 g/mol. The third kappa shape index (κ3) is 4.63. The lowest BCUT2D eigenvalue weighted by molar-refractivity contribution is 0.102. The highest BCUT2D eigenvalue weighted by Gasteiger charge is 2.19. The number of hydrogen-bond acceptors (Lipinski definition) is 5. The summed E-state index contributed by atoms with van der Waals surface area (Å²) in [7, 11) is 3.14. The van der Waals surface area contributed by atoms with Crippen LogP contribution < -0.4 is 14.8 Å². The Morgan fingerprint density at radius 1 is 0.973 bits per heavy atom. The van der Waals surface area contributed by atoms with Gasteiger partial charge in [0.2, 0.25) is 0 Å². The molecule has 0 atom stereocenters. The van der Waals surface area contributed by atoms with Gasteiger partial charge in [0.05, 0.1) is 54.3 Å². The van der Waals surface area contributed by atoms with Gasteiger partial charge in [-0.05, 0) is 55.3 Å². The average molecular weight is 493 g/mol. The summed E-state index contributed by atoms with van der Waals surface area (Å²) in [6.07, 6.45) is 2.78. The maximum absolute atomic E-state index is 13.6. The number of rotatable bonds is 7. The number of para-hydroxylation sites is 1. The smallest absolute Gasteiger partial charge is 0.256 e. The largest absolute Gasteiger partial charge is 0.497 e. The minimum atomic E-state index is -0.272. The lowest BCUT2D eigenvalue weighted by atomic mass is 10.0. The third-order valence-corrected chi connectivity index (χ3v) is 6.49. The van der Waals surface area contributed by atoms with Crippen LogP contribution in [-0.2, 0) is 6.42 Å². The predicted octanol–water partition coefficient (Wildman–Crippen LogP) is 6.23. The number of aryl methyl sites for hydroxylation is 1. The van der Waals surface area contributed by atoms with Crippen molar-refractivity contribution in [3.8, 4) is 28.4 Å². The van der Waals surface area contributed by atoms with Crippen molar-refractivity contribution in [1.82, 2.24) is 14.8 Å². The summed E-state index contributed by atoms with van der Waals surface area (Å²) in [5, 5.41) is 8.37. The Bertz CT molecular complexity index is 1590. The van der Waals surface area contributed by atoms with E-state index < -0.39 is 0 Å². The van der Waals surface area contributed by atoms with Crippen LogP contribution in [-0.4, -0.2) is 34.9 Å². The normalized spacial score (nSPS) is 10.9. The van der Waals surface area contributed by atoms with Crippen molar-refractivity contribution in [3.63, 3.8) is 0 Å². The highest BCUT2D eigenvalue weighted by atomic mass is 16.5. The number of pyridine rings is 1. The number of fused-ring (bicyclic) bond motifs is 1. The molecule has 5 rings (SSSR count). The standard InChI is InChI=1S/C30H28N4O3/c1-5-20-10-12-21(13-11-20)34-19(2)25(18-31-34)27-17-24(23-8-6-7-9-26(23)32-27)30(35)33-28-16-22(36-3)14-15-29(28)37-4/h6-18H,5H2,1-4H3,(H,33,35). The number of anilines is 1. The van der Waals surface area contributed by atoms with Gasteiger partial charge in [-0.2, -0.15) is 5.10 Å². The van der Waals surface area contributed by atoms with Gasteiger partial charge in [-0.25, -0.2) is 9.67 Å². The molecule has 186 valence electrons. The van der Waals surface area contributed by atoms with Gasteiger partial charge >= 0.3 is 0 Å². The number of benzene rings is 3. The Kier molecular flexibility index (Phi) is 6.60. The molecule has 0 aliphatic rings. The molecule has 0 saturated heterocycles. The Morgan fingerprint density at radius 2 is 1.76 bits per heavy atom. The van der Waals surface area contributed by atoms with Crippen LogP contribution in [0.2, 0.25) is 0 Å². The van der Waals surface area contributed by atoms with E-state index in [4.69, 9.17) is 14.5 Å². The molecule has 7 heteroatoms. The second-order valence-electron chi connectivity index (χ2n) is 8.67. The van der Waals surface area contributed by atoms with Crippen molar-refractivity contribution in [2.75, 3.05) is 19.5 Å². The summed E-state index contributed by atoms with van der Waals surface area (Å²) < 4.78 is 12.7. The van der Waals surface area contributed by atoms with Crippen molar-refractivity contribution in [2.45, 2.75) is 20.3 Å². The number of ether oxygens (including phenoxy) is 2.